The topological polar surface area (TPSA) is 73.2 Å². The van der Waals surface area contributed by atoms with Gasteiger partial charge in [-0.15, -0.1) is 11.3 Å². The molecular formula is C19H10BrN3O2S. The molecule has 2 aromatic carbocycles. The van der Waals surface area contributed by atoms with Crippen molar-refractivity contribution < 1.29 is 5.11 Å². The first-order chi connectivity index (χ1) is 12.6. The highest BCUT2D eigenvalue weighted by Crippen LogP contribution is 2.37. The summed E-state index contributed by atoms with van der Waals surface area (Å²) in [5, 5.41) is 21.9. The van der Waals surface area contributed by atoms with Gasteiger partial charge >= 0.3 is 5.69 Å². The van der Waals surface area contributed by atoms with Crippen LogP contribution in [-0.4, -0.2) is 4.57 Å². The Hall–Kier alpha value is -2.95. The molecule has 0 saturated carbocycles. The summed E-state index contributed by atoms with van der Waals surface area (Å²) >= 11 is 4.67. The second-order valence-electron chi connectivity index (χ2n) is 5.59. The molecule has 0 bridgehead atoms. The molecule has 4 aromatic rings. The lowest BCUT2D eigenvalue weighted by molar-refractivity contribution is -0.275. The lowest BCUT2D eigenvalue weighted by Gasteiger charge is -2.16. The Bertz CT molecular complexity index is 1220. The number of rotatable bonds is 2. The highest BCUT2D eigenvalue weighted by Gasteiger charge is 2.23. The predicted octanol–water partition coefficient (Wildman–Crippen LogP) is 5.04. The number of thiophene rings is 1. The fourth-order valence-corrected chi connectivity index (χ4v) is 4.16. The van der Waals surface area contributed by atoms with Gasteiger partial charge in [0, 0.05) is 15.0 Å². The van der Waals surface area contributed by atoms with Crippen molar-refractivity contribution in [3.05, 3.63) is 80.3 Å². The van der Waals surface area contributed by atoms with Gasteiger partial charge in [-0.25, -0.2) is 0 Å². The van der Waals surface area contributed by atoms with Gasteiger partial charge in [-0.1, -0.05) is 46.3 Å². The minimum Gasteiger partial charge on any atom is -0.854 e. The van der Waals surface area contributed by atoms with Gasteiger partial charge in [-0.2, -0.15) is 0 Å². The van der Waals surface area contributed by atoms with Crippen LogP contribution in [0.3, 0.4) is 0 Å². The van der Waals surface area contributed by atoms with Crippen molar-refractivity contribution in [2.45, 2.75) is 0 Å². The number of diazo groups is 1. The molecule has 26 heavy (non-hydrogen) atoms. The number of benzene rings is 2. The maximum Gasteiger partial charge on any atom is 0.442 e. The Balaban J connectivity index is 2.08. The quantitative estimate of drug-likeness (QED) is 0.423. The standard InChI is InChI=1S/C19H10BrN3O2S/c20-12-8-6-11(7-9-12)15-10-14-18(26-15)17(24)16(22-21)19(25)23(14)13-4-2-1-3-5-13/h1-10H. The number of nitrogens with zero attached hydrogens (tertiary/aromatic N) is 3. The average Bonchev–Trinajstić information content (AvgIpc) is 3.09. The molecule has 0 atom stereocenters. The lowest BCUT2D eigenvalue weighted by Crippen LogP contribution is -2.12. The van der Waals surface area contributed by atoms with E-state index < -0.39 is 17.0 Å². The summed E-state index contributed by atoms with van der Waals surface area (Å²) in [6, 6.07) is 18.5. The van der Waals surface area contributed by atoms with Crippen LogP contribution in [0.15, 0.2) is 69.9 Å². The second kappa shape index (κ2) is 6.41. The van der Waals surface area contributed by atoms with Crippen LogP contribution in [0.2, 0.25) is 0 Å². The van der Waals surface area contributed by atoms with E-state index in [2.05, 4.69) is 20.9 Å². The third-order valence-electron chi connectivity index (χ3n) is 4.02. The first-order valence-electron chi connectivity index (χ1n) is 7.66. The Morgan fingerprint density at radius 2 is 1.77 bits per heavy atom. The molecule has 2 aromatic heterocycles. The van der Waals surface area contributed by atoms with Crippen LogP contribution in [0.5, 0.6) is 5.88 Å². The normalized spacial score (nSPS) is 10.8. The van der Waals surface area contributed by atoms with Crippen LogP contribution in [0.4, 0.5) is 5.69 Å². The van der Waals surface area contributed by atoms with Crippen molar-refractivity contribution >= 4 is 43.2 Å². The Morgan fingerprint density at radius 3 is 2.42 bits per heavy atom. The minimum absolute atomic E-state index is 0.374. The summed E-state index contributed by atoms with van der Waals surface area (Å²) in [4.78, 5) is 16.4. The van der Waals surface area contributed by atoms with Gasteiger partial charge in [0.2, 0.25) is 5.39 Å². The van der Waals surface area contributed by atoms with Gasteiger partial charge in [-0.05, 0) is 35.9 Å². The third kappa shape index (κ3) is 2.60. The van der Waals surface area contributed by atoms with Gasteiger partial charge in [0.05, 0.1) is 11.4 Å². The summed E-state index contributed by atoms with van der Waals surface area (Å²) in [6.45, 7) is 0. The molecule has 0 aliphatic carbocycles. The molecule has 0 spiro atoms. The van der Waals surface area contributed by atoms with Gasteiger partial charge in [-0.3, -0.25) is 4.79 Å². The second-order valence-corrected chi connectivity index (χ2v) is 7.55. The molecule has 126 valence electrons. The average molecular weight is 424 g/mol. The van der Waals surface area contributed by atoms with E-state index in [0.717, 1.165) is 14.9 Å². The molecule has 5 nitrogen and oxygen atoms in total. The van der Waals surface area contributed by atoms with E-state index in [1.807, 2.05) is 36.4 Å². The Labute approximate surface area is 160 Å². The summed E-state index contributed by atoms with van der Waals surface area (Å²) in [5.41, 5.74) is 0.996. The summed E-state index contributed by atoms with van der Waals surface area (Å²) < 4.78 is 2.73. The highest BCUT2D eigenvalue weighted by atomic mass is 79.9. The van der Waals surface area contributed by atoms with Crippen LogP contribution in [0, 0.1) is 5.39 Å². The molecule has 0 N–H and O–H groups in total. The van der Waals surface area contributed by atoms with E-state index in [1.165, 1.54) is 15.9 Å². The van der Waals surface area contributed by atoms with Crippen LogP contribution in [0.1, 0.15) is 0 Å². The molecule has 0 fully saturated rings. The maximum absolute atomic E-state index is 12.7. The first-order valence-corrected chi connectivity index (χ1v) is 9.27. The Morgan fingerprint density at radius 1 is 1.08 bits per heavy atom. The minimum atomic E-state index is -0.642. The van der Waals surface area contributed by atoms with E-state index in [-0.39, 0.29) is 0 Å². The van der Waals surface area contributed by atoms with Crippen molar-refractivity contribution in [2.75, 3.05) is 0 Å². The summed E-state index contributed by atoms with van der Waals surface area (Å²) in [7, 11) is 0. The molecule has 0 aliphatic heterocycles. The van der Waals surface area contributed by atoms with E-state index in [9.17, 15) is 15.3 Å². The zero-order valence-electron chi connectivity index (χ0n) is 13.2. The van der Waals surface area contributed by atoms with Crippen LogP contribution in [-0.2, 0) is 0 Å². The van der Waals surface area contributed by atoms with Gasteiger partial charge < -0.3 is 9.67 Å². The largest absolute Gasteiger partial charge is 0.854 e. The molecular weight excluding hydrogens is 414 g/mol. The zero-order chi connectivity index (χ0) is 18.3. The maximum atomic E-state index is 12.7. The first kappa shape index (κ1) is 16.5. The van der Waals surface area contributed by atoms with Crippen molar-refractivity contribution in [3.8, 4) is 22.0 Å². The monoisotopic (exact) mass is 423 g/mol. The van der Waals surface area contributed by atoms with E-state index in [1.54, 1.807) is 24.3 Å². The third-order valence-corrected chi connectivity index (χ3v) is 5.72. The molecule has 7 heteroatoms. The molecule has 0 aliphatic rings. The molecule has 2 heterocycles. The molecule has 4 rings (SSSR count). The van der Waals surface area contributed by atoms with Crippen molar-refractivity contribution in [2.24, 2.45) is 0 Å². The lowest BCUT2D eigenvalue weighted by atomic mass is 10.2. The van der Waals surface area contributed by atoms with Gasteiger partial charge in [0.15, 0.2) is 4.98 Å². The van der Waals surface area contributed by atoms with Crippen molar-refractivity contribution in [1.82, 2.24) is 4.57 Å². The number of fused-ring (bicyclic) bond motifs is 1. The SMILES string of the molecule is N#[N+]c1c([O-])n(-c2ccccc2)c2cc(-c3ccc(Br)cc3)sc2c1=O. The molecule has 0 amide bonds. The highest BCUT2D eigenvalue weighted by molar-refractivity contribution is 9.10. The van der Waals surface area contributed by atoms with Crippen LogP contribution >= 0.6 is 27.3 Å². The van der Waals surface area contributed by atoms with E-state index >= 15 is 0 Å². The summed E-state index contributed by atoms with van der Waals surface area (Å²) in [5.74, 6) is -0.642. The van der Waals surface area contributed by atoms with E-state index in [0.29, 0.717) is 15.9 Å². The number of halogens is 1. The smallest absolute Gasteiger partial charge is 0.442 e. The van der Waals surface area contributed by atoms with Crippen molar-refractivity contribution in [3.63, 3.8) is 0 Å². The molecule has 0 saturated heterocycles. The molecule has 0 radical (unpaired) electrons. The number of hydrogen-bond donors (Lipinski definition) is 0. The zero-order valence-corrected chi connectivity index (χ0v) is 15.6. The van der Waals surface area contributed by atoms with Crippen LogP contribution in [0.25, 0.3) is 31.3 Å². The van der Waals surface area contributed by atoms with Gasteiger partial charge in [0.25, 0.3) is 5.43 Å². The van der Waals surface area contributed by atoms with Crippen molar-refractivity contribution in [1.29, 1.82) is 5.39 Å². The number of aromatic nitrogens is 1. The fraction of sp³-hybridized carbons (Fsp3) is 0. The van der Waals surface area contributed by atoms with Crippen LogP contribution < -0.4 is 10.5 Å². The predicted molar refractivity (Wildman–Crippen MR) is 105 cm³/mol. The fourth-order valence-electron chi connectivity index (χ4n) is 2.81. The number of hydrogen-bond acceptors (Lipinski definition) is 4. The molecule has 0 unspecified atom stereocenters. The number of pyridine rings is 1. The van der Waals surface area contributed by atoms with Gasteiger partial charge in [0.1, 0.15) is 4.70 Å². The van der Waals surface area contributed by atoms with E-state index in [4.69, 9.17) is 0 Å². The number of para-hydroxylation sites is 1. The summed E-state index contributed by atoms with van der Waals surface area (Å²) in [6.07, 6.45) is 0. The Kier molecular flexibility index (Phi) is 4.07.